The first-order valence-electron chi connectivity index (χ1n) is 44.5. The molecule has 704 valence electrons. The summed E-state index contributed by atoms with van der Waals surface area (Å²) in [5, 5.41) is 19.3. The lowest BCUT2D eigenvalue weighted by Crippen LogP contribution is -2.59. The van der Waals surface area contributed by atoms with Crippen molar-refractivity contribution in [2.45, 2.75) is 262 Å². The molecule has 0 spiro atoms. The van der Waals surface area contributed by atoms with Crippen molar-refractivity contribution < 1.29 is 64.2 Å². The summed E-state index contributed by atoms with van der Waals surface area (Å²) in [6, 6.07) is 61.3. The highest BCUT2D eigenvalue weighted by molar-refractivity contribution is 8.01. The highest BCUT2D eigenvalue weighted by Gasteiger charge is 2.51. The van der Waals surface area contributed by atoms with E-state index in [0.29, 0.717) is 106 Å². The van der Waals surface area contributed by atoms with Gasteiger partial charge in [-0.15, -0.1) is 0 Å². The molecule has 2 saturated heterocycles. The quantitative estimate of drug-likeness (QED) is 0.0306. The maximum atomic E-state index is 12.8. The van der Waals surface area contributed by atoms with Gasteiger partial charge in [0, 0.05) is 78.7 Å². The van der Waals surface area contributed by atoms with Crippen LogP contribution >= 0.6 is 0 Å². The van der Waals surface area contributed by atoms with Crippen LogP contribution in [0.1, 0.15) is 232 Å². The number of hydrogen-bond donors (Lipinski definition) is 6. The predicted octanol–water partition coefficient (Wildman–Crippen LogP) is 18.7. The molecule has 5 fully saturated rings. The Morgan fingerprint density at radius 3 is 1.05 bits per heavy atom. The number of fused-ring (bicyclic) bond motifs is 6. The predicted molar refractivity (Wildman–Crippen MR) is 531 cm³/mol. The van der Waals surface area contributed by atoms with E-state index in [1.807, 2.05) is 204 Å². The van der Waals surface area contributed by atoms with Gasteiger partial charge in [-0.25, -0.2) is 74.4 Å². The molecular weight excluding hydrogens is 1800 g/mol. The van der Waals surface area contributed by atoms with Crippen LogP contribution in [0.2, 0.25) is 0 Å². The van der Waals surface area contributed by atoms with Crippen molar-refractivity contribution in [3.63, 3.8) is 0 Å². The number of Topliss-reactive ketones (excluding diaryl/α,β-unsaturated/α-hetero) is 1. The van der Waals surface area contributed by atoms with Gasteiger partial charge >= 0.3 is 0 Å². The van der Waals surface area contributed by atoms with Crippen molar-refractivity contribution in [2.24, 2.45) is 0 Å². The van der Waals surface area contributed by atoms with E-state index in [-0.39, 0.29) is 47.9 Å². The third kappa shape index (κ3) is 23.4. The number of carbonyl (C=O) groups is 1. The monoisotopic (exact) mass is 1930 g/mol. The number of rotatable bonds is 24. The molecule has 12 aromatic rings. The standard InChI is InChI=1S/C18H21NO3S.C17H18N2O2S.C17H21NO3S2.C17H21NO3S.C16H20N2O2S.C16H22N2O2S/c1-12(2)14-8-9-17(16-7-5-4-6-15(14)16)23(21,22)19-18(10-11-18)13(3)20;1-12(2)13-7-8-16(15-6-4-3-5-14(13)15)22(20,21)19-17(11-18)9-10-17;1-12(2)14-8-9-17(16-7-5-4-6-15(14)16)23(20,21)18-13-10-22(3,19)11-13;1-12(2)13-8-9-16(15-7-5-4-6-14(13)15)22(19,20)18-17(3)10-21-11-17;1-11(2)14-10-17-15(13-7-5-4-6-12(13)14)21(19,20)18-16(3)8-9-16;1-11(2)15-13-9-7-6-8-12(13)14(10-17-15)21(19,20)18-16(3,4)5/h4-9,12,19H,10-11H2,1-3H3;3-8,12,19H,9-10H2,1-2H3;4-9,12-13,18H,3,10-11H2,1-2H3;4-9,12,18H,10-11H2,1-3H3;4-7,10-11,18H,8-9H2,1-3H3;6-11,18H,1-5H3. The first-order valence-corrected chi connectivity index (χ1v) is 55.4. The number of ether oxygens (including phenoxy) is 1. The molecule has 5 aliphatic rings. The number of carbonyl (C=O) groups excluding carboxylic acids is 1. The van der Waals surface area contributed by atoms with Gasteiger partial charge in [-0.1, -0.05) is 253 Å². The zero-order chi connectivity index (χ0) is 96.7. The molecule has 0 bridgehead atoms. The van der Waals surface area contributed by atoms with Crippen molar-refractivity contribution in [3.8, 4) is 6.07 Å². The maximum Gasteiger partial charge on any atom is 0.259 e. The molecule has 2 aliphatic heterocycles. The smallest absolute Gasteiger partial charge is 0.259 e. The number of nitriles is 1. The average molecular weight is 1930 g/mol. The summed E-state index contributed by atoms with van der Waals surface area (Å²) in [6.07, 6.45) is 7.22. The molecule has 4 heterocycles. The van der Waals surface area contributed by atoms with E-state index in [1.54, 1.807) is 30.5 Å². The molecule has 0 radical (unpaired) electrons. The van der Waals surface area contributed by atoms with E-state index < -0.39 is 91.8 Å². The number of benzene rings is 10. The Balaban J connectivity index is 0.000000143. The number of pyridine rings is 2. The average Bonchev–Trinajstić information content (AvgIpc) is 1.45. The number of nitrogens with one attached hydrogen (secondary N) is 6. The van der Waals surface area contributed by atoms with Gasteiger partial charge < -0.3 is 4.74 Å². The highest BCUT2D eigenvalue weighted by atomic mass is 32.2. The molecule has 10 aromatic carbocycles. The summed E-state index contributed by atoms with van der Waals surface area (Å²) in [7, 11) is -23.9. The zero-order valence-corrected chi connectivity index (χ0v) is 84.0. The first kappa shape index (κ1) is 102. The molecule has 24 nitrogen and oxygen atoms in total. The van der Waals surface area contributed by atoms with Gasteiger partial charge in [0.1, 0.15) is 10.4 Å². The Morgan fingerprint density at radius 2 is 0.735 bits per heavy atom. The van der Waals surface area contributed by atoms with Gasteiger partial charge in [-0.05, 0) is 210 Å². The van der Waals surface area contributed by atoms with Gasteiger partial charge in [0.2, 0.25) is 50.1 Å². The second-order valence-electron chi connectivity index (χ2n) is 38.7. The van der Waals surface area contributed by atoms with E-state index in [4.69, 9.17) is 10.00 Å². The Hall–Kier alpha value is -9.34. The number of sulfonamides is 6. The summed E-state index contributed by atoms with van der Waals surface area (Å²) in [4.78, 5) is 21.7. The Morgan fingerprint density at radius 1 is 0.402 bits per heavy atom. The Kier molecular flexibility index (Phi) is 30.2. The molecule has 3 saturated carbocycles. The fourth-order valence-corrected chi connectivity index (χ4v) is 27.7. The molecule has 2 aromatic heterocycles. The summed E-state index contributed by atoms with van der Waals surface area (Å²) in [5.41, 5.74) is 3.39. The summed E-state index contributed by atoms with van der Waals surface area (Å²) in [6.45, 7) is 36.5. The molecule has 17 rings (SSSR count). The molecule has 132 heavy (non-hydrogen) atoms. The normalized spacial score (nSPS) is 17.8. The molecule has 31 heteroatoms. The van der Waals surface area contributed by atoms with Gasteiger partial charge in [0.05, 0.1) is 55.6 Å². The van der Waals surface area contributed by atoms with E-state index in [9.17, 15) is 59.5 Å². The third-order valence-electron chi connectivity index (χ3n) is 24.0. The Bertz CT molecular complexity index is 7190. The van der Waals surface area contributed by atoms with Gasteiger partial charge in [0.15, 0.2) is 10.8 Å². The summed E-state index contributed by atoms with van der Waals surface area (Å²) >= 11 is 0. The lowest BCUT2D eigenvalue weighted by molar-refractivity contribution is -0.119. The highest BCUT2D eigenvalue weighted by Crippen LogP contribution is 2.43. The number of aromatic nitrogens is 2. The maximum absolute atomic E-state index is 12.8. The molecule has 0 amide bonds. The van der Waals surface area contributed by atoms with E-state index in [0.717, 1.165) is 89.4 Å². The van der Waals surface area contributed by atoms with Crippen LogP contribution in [0.25, 0.3) is 64.6 Å². The largest absolute Gasteiger partial charge is 0.377 e. The number of ketones is 1. The van der Waals surface area contributed by atoms with Crippen molar-refractivity contribution in [3.05, 3.63) is 240 Å². The van der Waals surface area contributed by atoms with Gasteiger partial charge in [0.25, 0.3) is 10.0 Å². The molecule has 6 N–H and O–H groups in total. The Labute approximate surface area is 780 Å². The molecular formula is C101H123N9O15S7. The van der Waals surface area contributed by atoms with E-state index in [2.05, 4.69) is 133 Å². The molecule has 3 aliphatic carbocycles. The minimum absolute atomic E-state index is 0.121. The zero-order valence-electron chi connectivity index (χ0n) is 78.3. The van der Waals surface area contributed by atoms with Crippen LogP contribution in [0.5, 0.6) is 0 Å². The first-order chi connectivity index (χ1) is 61.6. The van der Waals surface area contributed by atoms with Crippen LogP contribution in [0.3, 0.4) is 0 Å². The summed E-state index contributed by atoms with van der Waals surface area (Å²) in [5.74, 6) is 5.91. The topological polar surface area (TPSA) is 370 Å². The molecule has 0 atom stereocenters. The van der Waals surface area contributed by atoms with Gasteiger partial charge in [-0.2, -0.15) is 14.7 Å². The van der Waals surface area contributed by atoms with Crippen molar-refractivity contribution in [2.75, 3.05) is 24.7 Å². The van der Waals surface area contributed by atoms with Gasteiger partial charge in [-0.3, -0.25) is 14.0 Å². The van der Waals surface area contributed by atoms with E-state index >= 15 is 0 Å². The molecule has 0 unspecified atom stereocenters. The van der Waals surface area contributed by atoms with Crippen LogP contribution in [0.4, 0.5) is 0 Å². The van der Waals surface area contributed by atoms with Crippen LogP contribution in [0.15, 0.2) is 236 Å². The van der Waals surface area contributed by atoms with Crippen molar-refractivity contribution in [1.29, 1.82) is 5.26 Å². The van der Waals surface area contributed by atoms with Crippen molar-refractivity contribution in [1.82, 2.24) is 38.3 Å². The van der Waals surface area contributed by atoms with Crippen LogP contribution < -0.4 is 28.3 Å². The minimum Gasteiger partial charge on any atom is -0.377 e. The number of nitrogens with zero attached hydrogens (tertiary/aromatic N) is 3. The fraction of sp³-hybridized carbons (Fsp3) is 0.396. The van der Waals surface area contributed by atoms with E-state index in [1.165, 1.54) is 13.1 Å². The van der Waals surface area contributed by atoms with Crippen molar-refractivity contribution >= 4 is 146 Å². The fourth-order valence-electron chi connectivity index (χ4n) is 16.5. The van der Waals surface area contributed by atoms with Crippen LogP contribution in [0, 0.1) is 11.3 Å². The van der Waals surface area contributed by atoms with Crippen LogP contribution in [-0.2, 0) is 79.2 Å². The number of hydrogen-bond acceptors (Lipinski definition) is 18. The lowest BCUT2D eigenvalue weighted by atomic mass is 9.96. The second kappa shape index (κ2) is 39.2. The van der Waals surface area contributed by atoms with Crippen LogP contribution in [-0.4, -0.2) is 135 Å². The lowest BCUT2D eigenvalue weighted by Gasteiger charge is -2.38. The minimum atomic E-state index is -3.74. The third-order valence-corrected chi connectivity index (χ3v) is 35.9. The second-order valence-corrected chi connectivity index (χ2v) is 51.2. The summed E-state index contributed by atoms with van der Waals surface area (Å²) < 4.78 is 185. The SMILES string of the molecule is C=S1(=O)CC(NS(=O)(=O)c2ccc(C(C)C)c3ccccc23)C1.CC(=O)C1(NS(=O)(=O)c2ccc(C(C)C)c3ccccc23)CC1.CC(C)c1ccc(S(=O)(=O)NC2(C#N)CC2)c2ccccc12.CC(C)c1ccc(S(=O)(=O)NC2(C)COC2)c2ccccc12.CC(C)c1cnc(S(=O)(=O)NC2(C)CC2)c2ccccc12.CC(C)c1ncc(S(=O)(=O)NC(C)(C)C)c2ccccc12.